The smallest absolute Gasteiger partial charge is 0.307 e. The van der Waals surface area contributed by atoms with Gasteiger partial charge in [-0.05, 0) is 24.3 Å². The van der Waals surface area contributed by atoms with Crippen molar-refractivity contribution in [2.24, 2.45) is 0 Å². The first-order chi connectivity index (χ1) is 11.5. The van der Waals surface area contributed by atoms with Crippen LogP contribution in [-0.4, -0.2) is 25.1 Å². The maximum atomic E-state index is 12.1. The number of hydrogen-bond donors (Lipinski definition) is 0. The van der Waals surface area contributed by atoms with Gasteiger partial charge >= 0.3 is 5.97 Å². The van der Waals surface area contributed by atoms with Crippen molar-refractivity contribution < 1.29 is 17.9 Å². The van der Waals surface area contributed by atoms with Crippen LogP contribution in [0.4, 0.5) is 0 Å². The number of carbonyl (C=O) groups excluding carboxylic acids is 1. The molecule has 0 bridgehead atoms. The average Bonchev–Trinajstić information content (AvgIpc) is 3.02. The Morgan fingerprint density at radius 3 is 2.50 bits per heavy atom. The highest BCUT2D eigenvalue weighted by Crippen LogP contribution is 2.22. The maximum absolute atomic E-state index is 12.1. The molecule has 0 unspecified atom stereocenters. The van der Waals surface area contributed by atoms with E-state index in [1.54, 1.807) is 18.2 Å². The quantitative estimate of drug-likeness (QED) is 0.630. The molecule has 0 radical (unpaired) electrons. The Bertz CT molecular complexity index is 916. The van der Waals surface area contributed by atoms with Gasteiger partial charge in [-0.15, -0.1) is 11.3 Å². The van der Waals surface area contributed by atoms with Gasteiger partial charge in [0.25, 0.3) is 0 Å². The summed E-state index contributed by atoms with van der Waals surface area (Å²) in [4.78, 5) is 16.4. The van der Waals surface area contributed by atoms with Crippen LogP contribution in [0.2, 0.25) is 0 Å². The predicted octanol–water partition coefficient (Wildman–Crippen LogP) is 3.20. The normalized spacial score (nSPS) is 11.5. The molecule has 1 heterocycles. The van der Waals surface area contributed by atoms with Crippen LogP contribution < -0.4 is 0 Å². The molecule has 0 saturated heterocycles. The zero-order valence-corrected chi connectivity index (χ0v) is 14.3. The lowest BCUT2D eigenvalue weighted by molar-refractivity contribution is -0.144. The fourth-order valence-electron chi connectivity index (χ4n) is 2.16. The Hall–Kier alpha value is -2.25. The molecule has 0 aliphatic heterocycles. The number of aromatic nitrogens is 1. The number of ether oxygens (including phenoxy) is 1. The molecule has 24 heavy (non-hydrogen) atoms. The second kappa shape index (κ2) is 7.11. The van der Waals surface area contributed by atoms with E-state index >= 15 is 0 Å². The Morgan fingerprint density at radius 1 is 1.04 bits per heavy atom. The lowest BCUT2D eigenvalue weighted by Crippen LogP contribution is -2.13. The molecule has 0 aliphatic carbocycles. The number of rotatable bonds is 6. The highest BCUT2D eigenvalue weighted by Gasteiger charge is 2.17. The van der Waals surface area contributed by atoms with Crippen molar-refractivity contribution in [1.29, 1.82) is 0 Å². The molecule has 1 aromatic heterocycles. The molecule has 0 saturated carbocycles. The van der Waals surface area contributed by atoms with Crippen molar-refractivity contribution in [2.75, 3.05) is 5.75 Å². The van der Waals surface area contributed by atoms with Gasteiger partial charge in [0.15, 0.2) is 9.84 Å². The van der Waals surface area contributed by atoms with Crippen LogP contribution in [0.1, 0.15) is 11.4 Å². The molecule has 2 aromatic carbocycles. The van der Waals surface area contributed by atoms with Crippen LogP contribution in [-0.2, 0) is 26.0 Å². The minimum atomic E-state index is -3.47. The van der Waals surface area contributed by atoms with Gasteiger partial charge in [-0.1, -0.05) is 30.3 Å². The molecular formula is C17H15NO4S2. The maximum Gasteiger partial charge on any atom is 0.307 e. The van der Waals surface area contributed by atoms with Gasteiger partial charge in [0.1, 0.15) is 11.6 Å². The first kappa shape index (κ1) is 16.6. The van der Waals surface area contributed by atoms with E-state index in [-0.39, 0.29) is 23.7 Å². The number of benzene rings is 2. The van der Waals surface area contributed by atoms with Crippen LogP contribution in [0.3, 0.4) is 0 Å². The van der Waals surface area contributed by atoms with Gasteiger partial charge < -0.3 is 4.74 Å². The SMILES string of the molecule is O=C(CCS(=O)(=O)c1ccccc1)OCc1nc2ccccc2s1. The molecule has 124 valence electrons. The van der Waals surface area contributed by atoms with Crippen molar-refractivity contribution >= 4 is 37.4 Å². The Morgan fingerprint density at radius 2 is 1.75 bits per heavy atom. The first-order valence-electron chi connectivity index (χ1n) is 7.32. The Balaban J connectivity index is 1.54. The topological polar surface area (TPSA) is 73.3 Å². The summed E-state index contributed by atoms with van der Waals surface area (Å²) in [7, 11) is -3.47. The van der Waals surface area contributed by atoms with E-state index in [1.807, 2.05) is 24.3 Å². The van der Waals surface area contributed by atoms with Crippen molar-refractivity contribution in [3.05, 3.63) is 59.6 Å². The minimum Gasteiger partial charge on any atom is -0.458 e. The van der Waals surface area contributed by atoms with Crippen LogP contribution in [0, 0.1) is 0 Å². The lowest BCUT2D eigenvalue weighted by Gasteiger charge is -2.04. The third-order valence-electron chi connectivity index (χ3n) is 3.37. The van der Waals surface area contributed by atoms with E-state index in [9.17, 15) is 13.2 Å². The highest BCUT2D eigenvalue weighted by atomic mass is 32.2. The number of thiazole rings is 1. The van der Waals surface area contributed by atoms with Gasteiger partial charge in [-0.25, -0.2) is 13.4 Å². The number of nitrogens with zero attached hydrogens (tertiary/aromatic N) is 1. The van der Waals surface area contributed by atoms with Crippen LogP contribution in [0.5, 0.6) is 0 Å². The third-order valence-corrected chi connectivity index (χ3v) is 6.11. The molecule has 5 nitrogen and oxygen atoms in total. The number of carbonyl (C=O) groups is 1. The molecule has 0 aliphatic rings. The van der Waals surface area contributed by atoms with Crippen molar-refractivity contribution in [2.45, 2.75) is 17.9 Å². The molecular weight excluding hydrogens is 346 g/mol. The Kier molecular flexibility index (Phi) is 4.92. The number of sulfone groups is 1. The van der Waals surface area contributed by atoms with Gasteiger partial charge in [0.05, 0.1) is 27.3 Å². The van der Waals surface area contributed by atoms with E-state index in [0.29, 0.717) is 5.01 Å². The molecule has 0 N–H and O–H groups in total. The Labute approximate surface area is 143 Å². The summed E-state index contributed by atoms with van der Waals surface area (Å²) < 4.78 is 30.4. The summed E-state index contributed by atoms with van der Waals surface area (Å²) in [5, 5.41) is 0.690. The fourth-order valence-corrected chi connectivity index (χ4v) is 4.28. The zero-order chi connectivity index (χ0) is 17.0. The summed E-state index contributed by atoms with van der Waals surface area (Å²) in [5.74, 6) is -0.816. The van der Waals surface area contributed by atoms with Crippen LogP contribution in [0.25, 0.3) is 10.2 Å². The second-order valence-electron chi connectivity index (χ2n) is 5.12. The number of para-hydroxylation sites is 1. The summed E-state index contributed by atoms with van der Waals surface area (Å²) >= 11 is 1.45. The van der Waals surface area contributed by atoms with Crippen molar-refractivity contribution in [3.8, 4) is 0 Å². The number of esters is 1. The fraction of sp³-hybridized carbons (Fsp3) is 0.176. The average molecular weight is 361 g/mol. The second-order valence-corrected chi connectivity index (χ2v) is 8.34. The molecule has 0 spiro atoms. The summed E-state index contributed by atoms with van der Waals surface area (Å²) in [6, 6.07) is 15.7. The number of fused-ring (bicyclic) bond motifs is 1. The van der Waals surface area contributed by atoms with Crippen molar-refractivity contribution in [1.82, 2.24) is 4.98 Å². The monoisotopic (exact) mass is 361 g/mol. The van der Waals surface area contributed by atoms with E-state index in [2.05, 4.69) is 4.98 Å². The summed E-state index contributed by atoms with van der Waals surface area (Å²) in [5.41, 5.74) is 0.861. The standard InChI is InChI=1S/C17H15NO4S2/c19-17(10-11-24(20,21)13-6-2-1-3-7-13)22-12-16-18-14-8-4-5-9-15(14)23-16/h1-9H,10-12H2. The largest absolute Gasteiger partial charge is 0.458 e. The molecule has 7 heteroatoms. The minimum absolute atomic E-state index is 0.0591. The lowest BCUT2D eigenvalue weighted by atomic mass is 10.3. The van der Waals surface area contributed by atoms with Gasteiger partial charge in [-0.3, -0.25) is 4.79 Å². The zero-order valence-electron chi connectivity index (χ0n) is 12.7. The van der Waals surface area contributed by atoms with Crippen molar-refractivity contribution in [3.63, 3.8) is 0 Å². The van der Waals surface area contributed by atoms with E-state index < -0.39 is 15.8 Å². The molecule has 0 amide bonds. The number of hydrogen-bond acceptors (Lipinski definition) is 6. The molecule has 3 rings (SSSR count). The summed E-state index contributed by atoms with van der Waals surface area (Å²) in [6.45, 7) is 0.0591. The molecule has 0 atom stereocenters. The summed E-state index contributed by atoms with van der Waals surface area (Å²) in [6.07, 6.45) is -0.178. The molecule has 0 fully saturated rings. The van der Waals surface area contributed by atoms with E-state index in [1.165, 1.54) is 23.5 Å². The first-order valence-corrected chi connectivity index (χ1v) is 9.79. The molecule has 3 aromatic rings. The van der Waals surface area contributed by atoms with Gasteiger partial charge in [0, 0.05) is 0 Å². The third kappa shape index (κ3) is 3.98. The van der Waals surface area contributed by atoms with E-state index in [0.717, 1.165) is 10.2 Å². The van der Waals surface area contributed by atoms with Gasteiger partial charge in [-0.2, -0.15) is 0 Å². The highest BCUT2D eigenvalue weighted by molar-refractivity contribution is 7.91. The van der Waals surface area contributed by atoms with Gasteiger partial charge in [0.2, 0.25) is 0 Å². The van der Waals surface area contributed by atoms with E-state index in [4.69, 9.17) is 4.74 Å². The van der Waals surface area contributed by atoms with Crippen LogP contribution in [0.15, 0.2) is 59.5 Å². The van der Waals surface area contributed by atoms with Crippen LogP contribution >= 0.6 is 11.3 Å². The predicted molar refractivity (Wildman–Crippen MR) is 92.5 cm³/mol.